The molecular weight excluding hydrogens is 310 g/mol. The van der Waals surface area contributed by atoms with Crippen LogP contribution >= 0.6 is 0 Å². The highest BCUT2D eigenvalue weighted by atomic mass is 16.5. The van der Waals surface area contributed by atoms with Crippen LogP contribution in [-0.4, -0.2) is 43.9 Å². The van der Waals surface area contributed by atoms with Crippen molar-refractivity contribution in [2.75, 3.05) is 13.2 Å². The van der Waals surface area contributed by atoms with E-state index in [2.05, 4.69) is 15.2 Å². The number of carbonyl (C=O) groups excluding carboxylic acids is 1. The van der Waals surface area contributed by atoms with Gasteiger partial charge in [-0.05, 0) is 18.9 Å². The molecule has 1 saturated heterocycles. The third-order valence-corrected chi connectivity index (χ3v) is 4.22. The van der Waals surface area contributed by atoms with E-state index in [0.29, 0.717) is 24.9 Å². The average Bonchev–Trinajstić information content (AvgIpc) is 3.26. The number of ether oxygens (including phenoxy) is 1. The number of rotatable bonds is 6. The lowest BCUT2D eigenvalue weighted by Crippen LogP contribution is -2.34. The number of aryl methyl sites for hydroxylation is 1. The maximum Gasteiger partial charge on any atom is 0.249 e. The Kier molecular flexibility index (Phi) is 4.94. The minimum Gasteiger partial charge on any atom is -0.365 e. The summed E-state index contributed by atoms with van der Waals surface area (Å²) in [6.07, 6.45) is 3.49. The fourth-order valence-electron chi connectivity index (χ4n) is 2.82. The van der Waals surface area contributed by atoms with Gasteiger partial charge in [-0.3, -0.25) is 9.48 Å². The van der Waals surface area contributed by atoms with Gasteiger partial charge in [0.2, 0.25) is 11.8 Å². The average molecular weight is 333 g/mol. The van der Waals surface area contributed by atoms with Gasteiger partial charge in [0.1, 0.15) is 6.61 Å². The molecule has 0 aliphatic carbocycles. The number of hydrogen-bond acceptors (Lipinski definition) is 6. The molecule has 0 saturated carbocycles. The van der Waals surface area contributed by atoms with E-state index in [9.17, 15) is 4.79 Å². The van der Waals surface area contributed by atoms with Crippen molar-refractivity contribution in [3.05, 3.63) is 29.7 Å². The second-order valence-corrected chi connectivity index (χ2v) is 6.33. The van der Waals surface area contributed by atoms with Crippen molar-refractivity contribution in [2.45, 2.75) is 45.3 Å². The molecule has 1 amide bonds. The third-order valence-electron chi connectivity index (χ3n) is 4.22. The van der Waals surface area contributed by atoms with Crippen LogP contribution in [0.25, 0.3) is 0 Å². The van der Waals surface area contributed by atoms with E-state index < -0.39 is 0 Å². The Morgan fingerprint density at radius 2 is 2.33 bits per heavy atom. The van der Waals surface area contributed by atoms with Gasteiger partial charge < -0.3 is 14.2 Å². The van der Waals surface area contributed by atoms with Gasteiger partial charge in [-0.25, -0.2) is 0 Å². The van der Waals surface area contributed by atoms with Gasteiger partial charge in [-0.1, -0.05) is 19.0 Å². The second-order valence-electron chi connectivity index (χ2n) is 6.33. The highest BCUT2D eigenvalue weighted by Crippen LogP contribution is 2.30. The van der Waals surface area contributed by atoms with Crippen molar-refractivity contribution in [3.63, 3.8) is 0 Å². The van der Waals surface area contributed by atoms with Crippen molar-refractivity contribution in [3.8, 4) is 0 Å². The molecule has 3 rings (SSSR count). The van der Waals surface area contributed by atoms with Crippen LogP contribution in [0.2, 0.25) is 0 Å². The van der Waals surface area contributed by atoms with Crippen molar-refractivity contribution in [2.24, 2.45) is 7.05 Å². The van der Waals surface area contributed by atoms with Gasteiger partial charge >= 0.3 is 0 Å². The first-order chi connectivity index (χ1) is 11.6. The van der Waals surface area contributed by atoms with E-state index in [1.807, 2.05) is 27.0 Å². The zero-order chi connectivity index (χ0) is 17.1. The summed E-state index contributed by atoms with van der Waals surface area (Å²) in [5.74, 6) is 1.34. The van der Waals surface area contributed by atoms with Crippen LogP contribution in [0.5, 0.6) is 0 Å². The van der Waals surface area contributed by atoms with Gasteiger partial charge in [0, 0.05) is 25.7 Å². The third kappa shape index (κ3) is 3.48. The van der Waals surface area contributed by atoms with E-state index in [-0.39, 0.29) is 24.5 Å². The first-order valence-corrected chi connectivity index (χ1v) is 8.24. The molecule has 0 bridgehead atoms. The number of hydrogen-bond donors (Lipinski definition) is 0. The zero-order valence-electron chi connectivity index (χ0n) is 14.3. The Balaban J connectivity index is 1.58. The zero-order valence-corrected chi connectivity index (χ0v) is 14.3. The molecule has 130 valence electrons. The molecule has 8 nitrogen and oxygen atoms in total. The summed E-state index contributed by atoms with van der Waals surface area (Å²) >= 11 is 0. The number of aromatic nitrogens is 4. The molecule has 0 N–H and O–H groups in total. The predicted molar refractivity (Wildman–Crippen MR) is 84.9 cm³/mol. The van der Waals surface area contributed by atoms with Crippen molar-refractivity contribution >= 4 is 5.91 Å². The molecule has 1 unspecified atom stereocenters. The first-order valence-electron chi connectivity index (χ1n) is 8.24. The molecule has 24 heavy (non-hydrogen) atoms. The quantitative estimate of drug-likeness (QED) is 0.801. The summed E-state index contributed by atoms with van der Waals surface area (Å²) in [5, 5.41) is 8.13. The minimum atomic E-state index is -0.117. The fourth-order valence-corrected chi connectivity index (χ4v) is 2.82. The van der Waals surface area contributed by atoms with Crippen LogP contribution in [0.3, 0.4) is 0 Å². The Bertz CT molecular complexity index is 693. The lowest BCUT2D eigenvalue weighted by Gasteiger charge is -2.22. The molecule has 2 aromatic rings. The van der Waals surface area contributed by atoms with E-state index in [4.69, 9.17) is 9.26 Å². The van der Waals surface area contributed by atoms with Crippen LogP contribution < -0.4 is 0 Å². The molecular formula is C16H23N5O3. The Morgan fingerprint density at radius 3 is 3.00 bits per heavy atom. The van der Waals surface area contributed by atoms with Crippen LogP contribution in [0.1, 0.15) is 56.1 Å². The minimum absolute atomic E-state index is 0.0383. The van der Waals surface area contributed by atoms with Crippen molar-refractivity contribution < 1.29 is 14.1 Å². The summed E-state index contributed by atoms with van der Waals surface area (Å²) in [5.41, 5.74) is 0.931. The lowest BCUT2D eigenvalue weighted by atomic mass is 10.2. The van der Waals surface area contributed by atoms with Crippen LogP contribution in [0.4, 0.5) is 0 Å². The topological polar surface area (TPSA) is 86.3 Å². The Hall–Kier alpha value is -2.22. The normalized spacial score (nSPS) is 17.8. The molecule has 3 heterocycles. The molecule has 1 aliphatic heterocycles. The number of amides is 1. The van der Waals surface area contributed by atoms with E-state index >= 15 is 0 Å². The maximum atomic E-state index is 12.5. The van der Waals surface area contributed by atoms with Gasteiger partial charge in [0.05, 0.1) is 18.3 Å². The molecule has 0 aromatic carbocycles. The smallest absolute Gasteiger partial charge is 0.249 e. The van der Waals surface area contributed by atoms with Crippen LogP contribution in [0, 0.1) is 0 Å². The fraction of sp³-hybridized carbons (Fsp3) is 0.625. The Labute approximate surface area is 140 Å². The number of nitrogens with zero attached hydrogens (tertiary/aromatic N) is 5. The molecule has 1 fully saturated rings. The maximum absolute atomic E-state index is 12.5. The summed E-state index contributed by atoms with van der Waals surface area (Å²) in [6.45, 7) is 5.10. The molecule has 8 heteroatoms. The van der Waals surface area contributed by atoms with E-state index in [1.165, 1.54) is 0 Å². The summed E-state index contributed by atoms with van der Waals surface area (Å²) in [6, 6.07) is 1.75. The molecule has 1 aliphatic rings. The monoisotopic (exact) mass is 333 g/mol. The summed E-state index contributed by atoms with van der Waals surface area (Å²) in [4.78, 5) is 18.7. The van der Waals surface area contributed by atoms with Gasteiger partial charge in [-0.2, -0.15) is 10.1 Å². The van der Waals surface area contributed by atoms with Crippen LogP contribution in [0.15, 0.2) is 16.8 Å². The van der Waals surface area contributed by atoms with E-state index in [0.717, 1.165) is 18.5 Å². The molecule has 0 radical (unpaired) electrons. The predicted octanol–water partition coefficient (Wildman–Crippen LogP) is 1.81. The molecule has 2 aromatic heterocycles. The van der Waals surface area contributed by atoms with E-state index in [1.54, 1.807) is 15.8 Å². The summed E-state index contributed by atoms with van der Waals surface area (Å²) in [7, 11) is 1.85. The van der Waals surface area contributed by atoms with Crippen molar-refractivity contribution in [1.82, 2.24) is 24.8 Å². The highest BCUT2D eigenvalue weighted by Gasteiger charge is 2.33. The largest absolute Gasteiger partial charge is 0.365 e. The first kappa shape index (κ1) is 16.6. The van der Waals surface area contributed by atoms with Gasteiger partial charge in [0.15, 0.2) is 5.82 Å². The highest BCUT2D eigenvalue weighted by molar-refractivity contribution is 5.78. The molecule has 0 spiro atoms. The van der Waals surface area contributed by atoms with Crippen LogP contribution in [-0.2, 0) is 23.2 Å². The van der Waals surface area contributed by atoms with Gasteiger partial charge in [0.25, 0.3) is 0 Å². The summed E-state index contributed by atoms with van der Waals surface area (Å²) < 4.78 is 12.5. The number of carbonyl (C=O) groups is 1. The molecule has 1 atom stereocenters. The standard InChI is InChI=1S/C16H23N5O3/c1-11(2)16-18-15(19-24-16)13-5-4-8-21(13)14(22)10-23-9-12-6-7-17-20(12)3/h6-7,11,13H,4-5,8-10H2,1-3H3. The lowest BCUT2D eigenvalue weighted by molar-refractivity contribution is -0.137. The number of likely N-dealkylation sites (tertiary alicyclic amines) is 1. The second kappa shape index (κ2) is 7.12. The van der Waals surface area contributed by atoms with Crippen molar-refractivity contribution in [1.29, 1.82) is 0 Å². The van der Waals surface area contributed by atoms with Gasteiger partial charge in [-0.15, -0.1) is 0 Å². The Morgan fingerprint density at radius 1 is 1.50 bits per heavy atom. The SMILES string of the molecule is CC(C)c1nc(C2CCCN2C(=O)COCc2ccnn2C)no1.